The first-order chi connectivity index (χ1) is 7.45. The molecular weight excluding hydrogens is 218 g/mol. The van der Waals surface area contributed by atoms with Crippen molar-refractivity contribution < 1.29 is 4.74 Å². The Labute approximate surface area is 102 Å². The minimum Gasteiger partial charge on any atom is -0.623 e. The van der Waals surface area contributed by atoms with Crippen LogP contribution in [0.2, 0.25) is 0 Å². The summed E-state index contributed by atoms with van der Waals surface area (Å²) in [5.41, 5.74) is 0.614. The summed E-state index contributed by atoms with van der Waals surface area (Å²) in [6.45, 7) is 7.84. The molecule has 0 aliphatic heterocycles. The topological polar surface area (TPSA) is 26.1 Å². The van der Waals surface area contributed by atoms with E-state index in [1.165, 1.54) is 0 Å². The van der Waals surface area contributed by atoms with Crippen molar-refractivity contribution >= 4 is 18.0 Å². The summed E-state index contributed by atoms with van der Waals surface area (Å²) in [6.07, 6.45) is 1.68. The summed E-state index contributed by atoms with van der Waals surface area (Å²) in [5.74, 6) is 1.01. The van der Waals surface area contributed by atoms with E-state index in [9.17, 15) is 5.21 Å². The lowest BCUT2D eigenvalue weighted by molar-refractivity contribution is -0.530. The highest BCUT2D eigenvalue weighted by molar-refractivity contribution is 7.99. The molecule has 0 saturated carbocycles. The van der Waals surface area contributed by atoms with Crippen molar-refractivity contribution in [3.63, 3.8) is 0 Å². The van der Waals surface area contributed by atoms with E-state index in [4.69, 9.17) is 0 Å². The van der Waals surface area contributed by atoms with Gasteiger partial charge in [0.2, 0.25) is 0 Å². The third-order valence-corrected chi connectivity index (χ3v) is 3.11. The summed E-state index contributed by atoms with van der Waals surface area (Å²) in [4.78, 5) is 1.16. The van der Waals surface area contributed by atoms with Crippen LogP contribution in [-0.2, 0) is 0 Å². The van der Waals surface area contributed by atoms with Gasteiger partial charge in [-0.25, -0.2) is 4.74 Å². The van der Waals surface area contributed by atoms with Crippen LogP contribution in [0.25, 0.3) is 0 Å². The first-order valence-electron chi connectivity index (χ1n) is 5.48. The first kappa shape index (κ1) is 13.1. The van der Waals surface area contributed by atoms with Crippen LogP contribution < -0.4 is 0 Å². The van der Waals surface area contributed by atoms with Crippen LogP contribution in [0.5, 0.6) is 0 Å². The molecule has 1 aromatic carbocycles. The first-order valence-corrected chi connectivity index (χ1v) is 6.47. The Morgan fingerprint density at radius 1 is 1.31 bits per heavy atom. The van der Waals surface area contributed by atoms with Crippen molar-refractivity contribution in [2.75, 3.05) is 5.75 Å². The third-order valence-electron chi connectivity index (χ3n) is 2.14. The van der Waals surface area contributed by atoms with Gasteiger partial charge in [-0.3, -0.25) is 0 Å². The van der Waals surface area contributed by atoms with Crippen LogP contribution >= 0.6 is 11.8 Å². The molecule has 16 heavy (non-hydrogen) atoms. The second-order valence-electron chi connectivity index (χ2n) is 4.60. The summed E-state index contributed by atoms with van der Waals surface area (Å²) in [5, 5.41) is 11.8. The predicted molar refractivity (Wildman–Crippen MR) is 71.4 cm³/mol. The molecule has 1 rings (SSSR count). The van der Waals surface area contributed by atoms with Gasteiger partial charge >= 0.3 is 0 Å². The highest BCUT2D eigenvalue weighted by Crippen LogP contribution is 2.21. The highest BCUT2D eigenvalue weighted by Gasteiger charge is 2.18. The van der Waals surface area contributed by atoms with Crippen LogP contribution in [0.3, 0.4) is 0 Å². The molecule has 0 aliphatic rings. The average molecular weight is 237 g/mol. The van der Waals surface area contributed by atoms with E-state index in [0.29, 0.717) is 0 Å². The molecular formula is C13H19NOS. The van der Waals surface area contributed by atoms with Gasteiger partial charge in [-0.1, -0.05) is 19.1 Å². The standard InChI is InChI=1S/C13H19NOS/c1-5-16-12-9-7-6-8-11(12)10-14(15)13(2,3)4/h6-10H,5H2,1-4H3. The van der Waals surface area contributed by atoms with Gasteiger partial charge in [0.05, 0.1) is 5.56 Å². The normalized spacial score (nSPS) is 12.9. The van der Waals surface area contributed by atoms with Crippen LogP contribution in [-0.4, -0.2) is 22.2 Å². The second-order valence-corrected chi connectivity index (χ2v) is 5.90. The number of rotatable bonds is 3. The van der Waals surface area contributed by atoms with Crippen LogP contribution in [0.4, 0.5) is 0 Å². The van der Waals surface area contributed by atoms with Crippen molar-refractivity contribution in [1.82, 2.24) is 0 Å². The number of hydroxylamine groups is 1. The molecule has 88 valence electrons. The van der Waals surface area contributed by atoms with Gasteiger partial charge in [-0.05, 0) is 17.9 Å². The number of thioether (sulfide) groups is 1. The summed E-state index contributed by atoms with van der Waals surface area (Å²) in [6, 6.07) is 7.99. The molecule has 0 spiro atoms. The number of hydrogen-bond acceptors (Lipinski definition) is 2. The monoisotopic (exact) mass is 237 g/mol. The van der Waals surface area contributed by atoms with Gasteiger partial charge in [0.15, 0.2) is 11.8 Å². The Kier molecular flexibility index (Phi) is 4.42. The van der Waals surface area contributed by atoms with Crippen molar-refractivity contribution in [1.29, 1.82) is 0 Å². The molecule has 0 heterocycles. The molecule has 0 fully saturated rings. The molecule has 0 radical (unpaired) electrons. The quantitative estimate of drug-likeness (QED) is 0.264. The van der Waals surface area contributed by atoms with Crippen molar-refractivity contribution in [2.24, 2.45) is 0 Å². The Morgan fingerprint density at radius 3 is 2.50 bits per heavy atom. The maximum Gasteiger partial charge on any atom is 0.183 e. The minimum atomic E-state index is -0.385. The Bertz CT molecular complexity index is 380. The molecule has 0 aliphatic carbocycles. The fourth-order valence-electron chi connectivity index (χ4n) is 1.19. The fourth-order valence-corrected chi connectivity index (χ4v) is 1.97. The van der Waals surface area contributed by atoms with Crippen molar-refractivity contribution in [3.05, 3.63) is 35.0 Å². The molecule has 0 aromatic heterocycles. The van der Waals surface area contributed by atoms with Gasteiger partial charge < -0.3 is 5.21 Å². The maximum absolute atomic E-state index is 11.8. The predicted octanol–water partition coefficient (Wildman–Crippen LogP) is 3.53. The molecule has 0 unspecified atom stereocenters. The number of benzene rings is 1. The SMILES string of the molecule is CCSc1ccccc1C=[N+]([O-])C(C)(C)C. The van der Waals surface area contributed by atoms with Gasteiger partial charge in [0.1, 0.15) is 0 Å². The van der Waals surface area contributed by atoms with Crippen molar-refractivity contribution in [3.8, 4) is 0 Å². The second kappa shape index (κ2) is 5.39. The maximum atomic E-state index is 11.8. The summed E-state index contributed by atoms with van der Waals surface area (Å²) < 4.78 is 1.02. The van der Waals surface area contributed by atoms with Gasteiger partial charge in [0.25, 0.3) is 0 Å². The van der Waals surface area contributed by atoms with Gasteiger partial charge in [0, 0.05) is 25.7 Å². The van der Waals surface area contributed by atoms with Crippen LogP contribution in [0.1, 0.15) is 33.3 Å². The lowest BCUT2D eigenvalue weighted by Crippen LogP contribution is -2.29. The molecule has 0 saturated heterocycles. The van der Waals surface area contributed by atoms with Crippen LogP contribution in [0.15, 0.2) is 29.2 Å². The van der Waals surface area contributed by atoms with E-state index in [2.05, 4.69) is 13.0 Å². The van der Waals surface area contributed by atoms with Crippen molar-refractivity contribution in [2.45, 2.75) is 38.1 Å². The van der Waals surface area contributed by atoms with E-state index in [1.807, 2.05) is 39.0 Å². The smallest absolute Gasteiger partial charge is 0.183 e. The Morgan fingerprint density at radius 2 is 1.94 bits per heavy atom. The van der Waals surface area contributed by atoms with E-state index in [1.54, 1.807) is 18.0 Å². The van der Waals surface area contributed by atoms with E-state index in [-0.39, 0.29) is 5.54 Å². The Hall–Kier alpha value is -0.960. The molecule has 2 nitrogen and oxygen atoms in total. The lowest BCUT2D eigenvalue weighted by atomic mass is 10.1. The van der Waals surface area contributed by atoms with Gasteiger partial charge in [-0.2, -0.15) is 0 Å². The summed E-state index contributed by atoms with van der Waals surface area (Å²) >= 11 is 1.76. The van der Waals surface area contributed by atoms with E-state index in [0.717, 1.165) is 21.0 Å². The van der Waals surface area contributed by atoms with Gasteiger partial charge in [-0.15, -0.1) is 11.8 Å². The zero-order valence-electron chi connectivity index (χ0n) is 10.4. The minimum absolute atomic E-state index is 0.385. The highest BCUT2D eigenvalue weighted by atomic mass is 32.2. The molecule has 0 N–H and O–H groups in total. The lowest BCUT2D eigenvalue weighted by Gasteiger charge is -2.19. The van der Waals surface area contributed by atoms with E-state index < -0.39 is 0 Å². The number of nitrogens with zero attached hydrogens (tertiary/aromatic N) is 1. The fraction of sp³-hybridized carbons (Fsp3) is 0.462. The zero-order valence-corrected chi connectivity index (χ0v) is 11.2. The number of hydrogen-bond donors (Lipinski definition) is 0. The largest absolute Gasteiger partial charge is 0.623 e. The summed E-state index contributed by atoms with van der Waals surface area (Å²) in [7, 11) is 0. The van der Waals surface area contributed by atoms with E-state index >= 15 is 0 Å². The molecule has 1 aromatic rings. The molecule has 0 bridgehead atoms. The zero-order chi connectivity index (χ0) is 12.2. The molecule has 0 atom stereocenters. The molecule has 0 amide bonds. The average Bonchev–Trinajstić information content (AvgIpc) is 2.20. The van der Waals surface area contributed by atoms with Crippen LogP contribution in [0, 0.1) is 5.21 Å². The molecule has 3 heteroatoms. The third kappa shape index (κ3) is 3.56. The Balaban J connectivity index is 3.05.